The van der Waals surface area contributed by atoms with Crippen molar-refractivity contribution >= 4 is 36.6 Å². The molecule has 1 saturated carbocycles. The Morgan fingerprint density at radius 2 is 1.90 bits per heavy atom. The van der Waals surface area contributed by atoms with E-state index in [9.17, 15) is 0 Å². The lowest BCUT2D eigenvalue weighted by molar-refractivity contribution is 0.456. The van der Waals surface area contributed by atoms with E-state index in [0.29, 0.717) is 5.92 Å². The number of aromatic nitrogens is 2. The molecule has 7 heteroatoms. The maximum absolute atomic E-state index is 6.27. The van der Waals surface area contributed by atoms with E-state index in [0.717, 1.165) is 36.3 Å². The number of rotatable bonds is 3. The molecule has 1 aromatic rings. The summed E-state index contributed by atoms with van der Waals surface area (Å²) in [5, 5.41) is 0. The lowest BCUT2D eigenvalue weighted by Crippen LogP contribution is -2.30. The minimum Gasteiger partial charge on any atom is -0.362 e. The van der Waals surface area contributed by atoms with E-state index in [4.69, 9.17) is 5.73 Å². The smallest absolute Gasteiger partial charge is 0.227 e. The summed E-state index contributed by atoms with van der Waals surface area (Å²) in [6.45, 7) is 3.95. The number of nitrogens with two attached hydrogens (primary N) is 1. The number of halogens is 2. The first-order valence-electron chi connectivity index (χ1n) is 7.07. The first-order chi connectivity index (χ1) is 9.06. The van der Waals surface area contributed by atoms with Crippen molar-refractivity contribution in [3.8, 4) is 0 Å². The molecule has 2 atom stereocenters. The van der Waals surface area contributed by atoms with Gasteiger partial charge in [0, 0.05) is 45.0 Å². The van der Waals surface area contributed by atoms with Crippen LogP contribution in [0.2, 0.25) is 0 Å². The van der Waals surface area contributed by atoms with Gasteiger partial charge in [-0.05, 0) is 31.6 Å². The fraction of sp³-hybridized carbons (Fsp3) is 0.714. The van der Waals surface area contributed by atoms with Crippen LogP contribution in [0.25, 0.3) is 0 Å². The second-order valence-electron chi connectivity index (χ2n) is 6.14. The third-order valence-corrected chi connectivity index (χ3v) is 4.28. The van der Waals surface area contributed by atoms with E-state index in [-0.39, 0.29) is 30.9 Å². The highest BCUT2D eigenvalue weighted by Crippen LogP contribution is 2.41. The van der Waals surface area contributed by atoms with Gasteiger partial charge in [-0.25, -0.2) is 4.98 Å². The summed E-state index contributed by atoms with van der Waals surface area (Å²) in [4.78, 5) is 13.5. The summed E-state index contributed by atoms with van der Waals surface area (Å²) in [7, 11) is 4.03. The molecule has 1 aromatic heterocycles. The van der Waals surface area contributed by atoms with Crippen molar-refractivity contribution in [2.75, 3.05) is 37.0 Å². The molecule has 0 bridgehead atoms. The Morgan fingerprint density at radius 1 is 1.24 bits per heavy atom. The highest BCUT2D eigenvalue weighted by Gasteiger charge is 2.41. The van der Waals surface area contributed by atoms with Crippen LogP contribution in [0, 0.1) is 18.8 Å². The second-order valence-corrected chi connectivity index (χ2v) is 6.14. The molecule has 21 heavy (non-hydrogen) atoms. The molecule has 0 radical (unpaired) electrons. The number of anilines is 2. The normalized spacial score (nSPS) is 24.3. The van der Waals surface area contributed by atoms with E-state index in [1.165, 1.54) is 12.8 Å². The van der Waals surface area contributed by atoms with Gasteiger partial charge in [0.2, 0.25) is 5.95 Å². The largest absolute Gasteiger partial charge is 0.362 e. The molecule has 1 aliphatic heterocycles. The van der Waals surface area contributed by atoms with Crippen LogP contribution in [0.3, 0.4) is 0 Å². The molecule has 5 nitrogen and oxygen atoms in total. The highest BCUT2D eigenvalue weighted by atomic mass is 35.5. The van der Waals surface area contributed by atoms with Crippen LogP contribution >= 0.6 is 24.8 Å². The molecule has 1 aliphatic carbocycles. The summed E-state index contributed by atoms with van der Waals surface area (Å²) < 4.78 is 0. The Labute approximate surface area is 139 Å². The van der Waals surface area contributed by atoms with E-state index >= 15 is 0 Å². The Bertz CT molecular complexity index is 478. The van der Waals surface area contributed by atoms with Crippen LogP contribution in [-0.4, -0.2) is 43.2 Å². The van der Waals surface area contributed by atoms with Crippen molar-refractivity contribution < 1.29 is 0 Å². The van der Waals surface area contributed by atoms with Gasteiger partial charge in [0.15, 0.2) is 0 Å². The summed E-state index contributed by atoms with van der Waals surface area (Å²) in [5.41, 5.74) is 7.38. The van der Waals surface area contributed by atoms with Crippen molar-refractivity contribution in [2.45, 2.75) is 25.8 Å². The van der Waals surface area contributed by atoms with Gasteiger partial charge in [-0.15, -0.1) is 24.8 Å². The number of aryl methyl sites for hydroxylation is 1. The SMILES string of the molecule is Cc1cnc(N2C[C@H](C3CC3)[C@@H](N)C2)nc1N(C)C.Cl.Cl. The number of nitrogens with zero attached hydrogens (tertiary/aromatic N) is 4. The average molecular weight is 334 g/mol. The summed E-state index contributed by atoms with van der Waals surface area (Å²) in [6, 6.07) is 0.278. The first kappa shape index (κ1) is 18.3. The number of hydrogen-bond donors (Lipinski definition) is 1. The Hall–Kier alpha value is -0.780. The standard InChI is InChI=1S/C14H23N5.2ClH/c1-9-6-16-14(17-13(9)18(2)3)19-7-11(10-4-5-10)12(15)8-19;;/h6,10-12H,4-5,7-8,15H2,1-3H3;2*1H/t11-,12+;;/m1../s1. The van der Waals surface area contributed by atoms with E-state index in [2.05, 4.69) is 14.9 Å². The molecule has 0 amide bonds. The molecule has 2 heterocycles. The molecule has 2 aliphatic rings. The van der Waals surface area contributed by atoms with Gasteiger partial charge in [0.05, 0.1) is 0 Å². The lowest BCUT2D eigenvalue weighted by Gasteiger charge is -2.20. The molecule has 1 saturated heterocycles. The van der Waals surface area contributed by atoms with Crippen LogP contribution in [0.4, 0.5) is 11.8 Å². The quantitative estimate of drug-likeness (QED) is 0.914. The zero-order valence-corrected chi connectivity index (χ0v) is 14.5. The predicted molar refractivity (Wildman–Crippen MR) is 92.0 cm³/mol. The fourth-order valence-electron chi connectivity index (χ4n) is 3.07. The van der Waals surface area contributed by atoms with Crippen LogP contribution < -0.4 is 15.5 Å². The first-order valence-corrected chi connectivity index (χ1v) is 7.07. The minimum atomic E-state index is 0. The zero-order valence-electron chi connectivity index (χ0n) is 12.8. The molecule has 0 spiro atoms. The van der Waals surface area contributed by atoms with Gasteiger partial charge in [-0.1, -0.05) is 0 Å². The monoisotopic (exact) mass is 333 g/mol. The van der Waals surface area contributed by atoms with Crippen LogP contribution in [-0.2, 0) is 0 Å². The third kappa shape index (κ3) is 3.71. The highest BCUT2D eigenvalue weighted by molar-refractivity contribution is 5.85. The Balaban J connectivity index is 0.00000110. The van der Waals surface area contributed by atoms with Gasteiger partial charge in [-0.3, -0.25) is 0 Å². The van der Waals surface area contributed by atoms with E-state index in [1.807, 2.05) is 32.1 Å². The van der Waals surface area contributed by atoms with Crippen molar-refractivity contribution in [3.63, 3.8) is 0 Å². The summed E-state index contributed by atoms with van der Waals surface area (Å²) >= 11 is 0. The van der Waals surface area contributed by atoms with E-state index in [1.54, 1.807) is 0 Å². The van der Waals surface area contributed by atoms with Gasteiger partial charge < -0.3 is 15.5 Å². The Kier molecular flexibility index (Phi) is 6.08. The van der Waals surface area contributed by atoms with Gasteiger partial charge in [-0.2, -0.15) is 4.98 Å². The van der Waals surface area contributed by atoms with Crippen LogP contribution in [0.1, 0.15) is 18.4 Å². The maximum atomic E-state index is 6.27. The third-order valence-electron chi connectivity index (χ3n) is 4.28. The molecule has 0 aromatic carbocycles. The second kappa shape index (κ2) is 6.99. The molecular formula is C14H25Cl2N5. The lowest BCUT2D eigenvalue weighted by atomic mass is 9.99. The molecule has 120 valence electrons. The molecule has 2 N–H and O–H groups in total. The Morgan fingerprint density at radius 3 is 2.48 bits per heavy atom. The van der Waals surface area contributed by atoms with Crippen LogP contribution in [0.15, 0.2) is 6.20 Å². The van der Waals surface area contributed by atoms with Gasteiger partial charge in [0.1, 0.15) is 5.82 Å². The van der Waals surface area contributed by atoms with Crippen molar-refractivity contribution in [3.05, 3.63) is 11.8 Å². The molecule has 2 fully saturated rings. The van der Waals surface area contributed by atoms with Gasteiger partial charge in [0.25, 0.3) is 0 Å². The van der Waals surface area contributed by atoms with E-state index < -0.39 is 0 Å². The average Bonchev–Trinajstić information content (AvgIpc) is 3.13. The van der Waals surface area contributed by atoms with Crippen LogP contribution in [0.5, 0.6) is 0 Å². The molecule has 0 unspecified atom stereocenters. The van der Waals surface area contributed by atoms with Crippen molar-refractivity contribution in [1.82, 2.24) is 9.97 Å². The molecular weight excluding hydrogens is 309 g/mol. The zero-order chi connectivity index (χ0) is 13.6. The minimum absolute atomic E-state index is 0. The molecule has 3 rings (SSSR count). The number of hydrogen-bond acceptors (Lipinski definition) is 5. The predicted octanol–water partition coefficient (Wildman–Crippen LogP) is 1.87. The summed E-state index contributed by atoms with van der Waals surface area (Å²) in [6.07, 6.45) is 4.61. The summed E-state index contributed by atoms with van der Waals surface area (Å²) in [5.74, 6) is 3.30. The van der Waals surface area contributed by atoms with Gasteiger partial charge >= 0.3 is 0 Å². The topological polar surface area (TPSA) is 58.3 Å². The fourth-order valence-corrected chi connectivity index (χ4v) is 3.07. The maximum Gasteiger partial charge on any atom is 0.227 e. The van der Waals surface area contributed by atoms with Crippen molar-refractivity contribution in [2.24, 2.45) is 17.6 Å². The van der Waals surface area contributed by atoms with Crippen molar-refractivity contribution in [1.29, 1.82) is 0 Å².